The molecule has 2 nitrogen and oxygen atoms in total. The van der Waals surface area contributed by atoms with E-state index in [0.29, 0.717) is 5.88 Å². The van der Waals surface area contributed by atoms with Crippen molar-refractivity contribution in [2.75, 3.05) is 7.11 Å². The van der Waals surface area contributed by atoms with Crippen molar-refractivity contribution in [1.29, 1.82) is 0 Å². The van der Waals surface area contributed by atoms with Crippen molar-refractivity contribution < 1.29 is 4.74 Å². The number of aryl methyl sites for hydroxylation is 1. The molecule has 12 heavy (non-hydrogen) atoms. The van der Waals surface area contributed by atoms with E-state index in [1.807, 2.05) is 6.07 Å². The monoisotopic (exact) mass is 161 g/mol. The summed E-state index contributed by atoms with van der Waals surface area (Å²) in [6.07, 6.45) is 7.85. The number of pyridine rings is 1. The standard InChI is InChI=1S/C10H11NO/c1-4-8-6-10(12-3)11-7-9(8)5-2/h2,6-7H,4H2,1,3H3. The molecular formula is C10H11NO. The molecule has 0 atom stereocenters. The molecule has 0 aromatic carbocycles. The van der Waals surface area contributed by atoms with Crippen LogP contribution in [0.3, 0.4) is 0 Å². The van der Waals surface area contributed by atoms with E-state index in [1.54, 1.807) is 13.3 Å². The van der Waals surface area contributed by atoms with Crippen molar-refractivity contribution in [3.63, 3.8) is 0 Å². The highest BCUT2D eigenvalue weighted by Gasteiger charge is 2.00. The van der Waals surface area contributed by atoms with Crippen molar-refractivity contribution in [3.8, 4) is 18.2 Å². The highest BCUT2D eigenvalue weighted by atomic mass is 16.5. The maximum absolute atomic E-state index is 5.29. The Kier molecular flexibility index (Phi) is 2.71. The Balaban J connectivity index is 3.13. The zero-order valence-electron chi connectivity index (χ0n) is 7.29. The van der Waals surface area contributed by atoms with E-state index in [0.717, 1.165) is 17.5 Å². The second kappa shape index (κ2) is 3.77. The molecule has 1 heterocycles. The van der Waals surface area contributed by atoms with Gasteiger partial charge in [-0.3, -0.25) is 0 Å². The van der Waals surface area contributed by atoms with Gasteiger partial charge in [-0.05, 0) is 12.0 Å². The molecule has 0 spiro atoms. The molecule has 0 saturated heterocycles. The van der Waals surface area contributed by atoms with Gasteiger partial charge in [0.1, 0.15) is 0 Å². The molecule has 1 aromatic rings. The van der Waals surface area contributed by atoms with Crippen LogP contribution in [-0.4, -0.2) is 12.1 Å². The van der Waals surface area contributed by atoms with Gasteiger partial charge >= 0.3 is 0 Å². The first kappa shape index (κ1) is 8.61. The molecule has 0 unspecified atom stereocenters. The number of nitrogens with zero attached hydrogens (tertiary/aromatic N) is 1. The van der Waals surface area contributed by atoms with Gasteiger partial charge in [-0.1, -0.05) is 12.8 Å². The summed E-state index contributed by atoms with van der Waals surface area (Å²) in [5, 5.41) is 0. The lowest BCUT2D eigenvalue weighted by atomic mass is 10.1. The Morgan fingerprint density at radius 1 is 1.67 bits per heavy atom. The summed E-state index contributed by atoms with van der Waals surface area (Å²) in [4.78, 5) is 4.01. The Morgan fingerprint density at radius 3 is 2.92 bits per heavy atom. The molecule has 0 aliphatic heterocycles. The van der Waals surface area contributed by atoms with E-state index < -0.39 is 0 Å². The minimum Gasteiger partial charge on any atom is -0.481 e. The zero-order chi connectivity index (χ0) is 8.97. The summed E-state index contributed by atoms with van der Waals surface area (Å²) < 4.78 is 4.98. The van der Waals surface area contributed by atoms with Crippen molar-refractivity contribution in [2.45, 2.75) is 13.3 Å². The molecule has 1 rings (SSSR count). The highest BCUT2D eigenvalue weighted by Crippen LogP contribution is 2.13. The second-order valence-corrected chi connectivity index (χ2v) is 2.38. The van der Waals surface area contributed by atoms with Gasteiger partial charge in [0.15, 0.2) is 0 Å². The van der Waals surface area contributed by atoms with E-state index in [-0.39, 0.29) is 0 Å². The lowest BCUT2D eigenvalue weighted by Crippen LogP contribution is -1.93. The summed E-state index contributed by atoms with van der Waals surface area (Å²) >= 11 is 0. The van der Waals surface area contributed by atoms with Crippen LogP contribution in [0.4, 0.5) is 0 Å². The number of terminal acetylenes is 1. The first-order chi connectivity index (χ1) is 5.81. The fourth-order valence-electron chi connectivity index (χ4n) is 1.01. The third-order valence-corrected chi connectivity index (χ3v) is 1.71. The molecular weight excluding hydrogens is 150 g/mol. The van der Waals surface area contributed by atoms with Gasteiger partial charge in [-0.25, -0.2) is 4.98 Å². The summed E-state index contributed by atoms with van der Waals surface area (Å²) in [6.45, 7) is 2.05. The lowest BCUT2D eigenvalue weighted by molar-refractivity contribution is 0.397. The topological polar surface area (TPSA) is 22.1 Å². The quantitative estimate of drug-likeness (QED) is 0.615. The number of aromatic nitrogens is 1. The van der Waals surface area contributed by atoms with Crippen LogP contribution in [0.15, 0.2) is 12.3 Å². The lowest BCUT2D eigenvalue weighted by Gasteiger charge is -2.03. The Morgan fingerprint density at radius 2 is 2.42 bits per heavy atom. The SMILES string of the molecule is C#Cc1cnc(OC)cc1CC. The van der Waals surface area contributed by atoms with E-state index in [1.165, 1.54) is 0 Å². The number of rotatable bonds is 2. The van der Waals surface area contributed by atoms with Gasteiger partial charge in [-0.15, -0.1) is 6.42 Å². The van der Waals surface area contributed by atoms with Crippen LogP contribution in [0.25, 0.3) is 0 Å². The van der Waals surface area contributed by atoms with Crippen LogP contribution < -0.4 is 4.74 Å². The van der Waals surface area contributed by atoms with Crippen LogP contribution in [0.1, 0.15) is 18.1 Å². The minimum absolute atomic E-state index is 0.617. The third kappa shape index (κ3) is 1.57. The van der Waals surface area contributed by atoms with Gasteiger partial charge in [-0.2, -0.15) is 0 Å². The van der Waals surface area contributed by atoms with E-state index in [2.05, 4.69) is 17.8 Å². The van der Waals surface area contributed by atoms with Crippen LogP contribution in [0.5, 0.6) is 5.88 Å². The van der Waals surface area contributed by atoms with Crippen LogP contribution in [0, 0.1) is 12.3 Å². The molecule has 2 heteroatoms. The summed E-state index contributed by atoms with van der Waals surface area (Å²) in [7, 11) is 1.59. The van der Waals surface area contributed by atoms with Crippen LogP contribution >= 0.6 is 0 Å². The van der Waals surface area contributed by atoms with Gasteiger partial charge in [0.05, 0.1) is 7.11 Å². The second-order valence-electron chi connectivity index (χ2n) is 2.38. The molecule has 1 aromatic heterocycles. The molecule has 0 fully saturated rings. The van der Waals surface area contributed by atoms with Crippen molar-refractivity contribution in [3.05, 3.63) is 23.4 Å². The smallest absolute Gasteiger partial charge is 0.213 e. The number of methoxy groups -OCH3 is 1. The van der Waals surface area contributed by atoms with E-state index >= 15 is 0 Å². The average Bonchev–Trinajstić information content (AvgIpc) is 2.16. The van der Waals surface area contributed by atoms with Crippen molar-refractivity contribution in [2.24, 2.45) is 0 Å². The third-order valence-electron chi connectivity index (χ3n) is 1.71. The predicted molar refractivity (Wildman–Crippen MR) is 48.1 cm³/mol. The minimum atomic E-state index is 0.617. The Labute approximate surface area is 72.6 Å². The first-order valence-corrected chi connectivity index (χ1v) is 3.81. The van der Waals surface area contributed by atoms with Gasteiger partial charge in [0.2, 0.25) is 5.88 Å². The Bertz CT molecular complexity index is 312. The van der Waals surface area contributed by atoms with Gasteiger partial charge in [0, 0.05) is 17.8 Å². The van der Waals surface area contributed by atoms with Crippen LogP contribution in [0.2, 0.25) is 0 Å². The maximum Gasteiger partial charge on any atom is 0.213 e. The molecule has 0 amide bonds. The molecule has 0 bridgehead atoms. The highest BCUT2D eigenvalue weighted by molar-refractivity contribution is 5.40. The fraction of sp³-hybridized carbons (Fsp3) is 0.300. The molecule has 0 N–H and O–H groups in total. The normalized spacial score (nSPS) is 9.08. The number of ether oxygens (including phenoxy) is 1. The van der Waals surface area contributed by atoms with Gasteiger partial charge in [0.25, 0.3) is 0 Å². The van der Waals surface area contributed by atoms with Gasteiger partial charge < -0.3 is 4.74 Å². The van der Waals surface area contributed by atoms with Crippen LogP contribution in [-0.2, 0) is 6.42 Å². The zero-order valence-corrected chi connectivity index (χ0v) is 7.29. The fourth-order valence-corrected chi connectivity index (χ4v) is 1.01. The summed E-state index contributed by atoms with van der Waals surface area (Å²) in [6, 6.07) is 1.87. The summed E-state index contributed by atoms with van der Waals surface area (Å²) in [5.41, 5.74) is 1.95. The number of hydrogen-bond acceptors (Lipinski definition) is 2. The molecule has 0 aliphatic rings. The predicted octanol–water partition coefficient (Wildman–Crippen LogP) is 1.63. The van der Waals surface area contributed by atoms with Crippen molar-refractivity contribution in [1.82, 2.24) is 4.98 Å². The average molecular weight is 161 g/mol. The van der Waals surface area contributed by atoms with E-state index in [9.17, 15) is 0 Å². The van der Waals surface area contributed by atoms with Crippen molar-refractivity contribution >= 4 is 0 Å². The molecule has 0 aliphatic carbocycles. The molecule has 62 valence electrons. The van der Waals surface area contributed by atoms with E-state index in [4.69, 9.17) is 11.2 Å². The molecule has 0 saturated carbocycles. The largest absolute Gasteiger partial charge is 0.481 e. The Hall–Kier alpha value is -1.49. The summed E-state index contributed by atoms with van der Waals surface area (Å²) in [5.74, 6) is 3.20. The maximum atomic E-state index is 5.29. The first-order valence-electron chi connectivity index (χ1n) is 3.81. The molecule has 0 radical (unpaired) electrons. The number of hydrogen-bond donors (Lipinski definition) is 0.